The van der Waals surface area contributed by atoms with E-state index in [0.29, 0.717) is 6.54 Å². The molecule has 1 atom stereocenters. The first-order valence-electron chi connectivity index (χ1n) is 3.47. The summed E-state index contributed by atoms with van der Waals surface area (Å²) in [7, 11) is 0. The summed E-state index contributed by atoms with van der Waals surface area (Å²) in [6.07, 6.45) is 0. The van der Waals surface area contributed by atoms with Gasteiger partial charge in [-0.1, -0.05) is 12.1 Å². The van der Waals surface area contributed by atoms with Gasteiger partial charge in [0.25, 0.3) is 0 Å². The third-order valence-electron chi connectivity index (χ3n) is 1.65. The van der Waals surface area contributed by atoms with E-state index >= 15 is 0 Å². The normalized spacial score (nSPS) is 22.1. The number of hydrogen-bond donors (Lipinski definition) is 1. The Bertz CT molecular complexity index is 262. The van der Waals surface area contributed by atoms with E-state index in [1.54, 1.807) is 0 Å². The maximum Gasteiger partial charge on any atom is 0.323 e. The molecule has 3 nitrogen and oxygen atoms in total. The molecule has 1 unspecified atom stereocenters. The van der Waals surface area contributed by atoms with Crippen LogP contribution in [0.4, 0.5) is 0 Å². The molecular formula is C8H8NO2. The average molecular weight is 150 g/mol. The zero-order chi connectivity index (χ0) is 7.68. The van der Waals surface area contributed by atoms with Crippen LogP contribution in [0.1, 0.15) is 5.56 Å². The van der Waals surface area contributed by atoms with Gasteiger partial charge < -0.3 is 15.0 Å². The molecule has 57 valence electrons. The standard InChI is InChI=1S/C8H8NO2/c10-9-5-7-3-1-2-4-8(7)11-6-9/h1-4,6,9H,5H2. The van der Waals surface area contributed by atoms with Crippen LogP contribution in [0.2, 0.25) is 0 Å². The van der Waals surface area contributed by atoms with Gasteiger partial charge in [-0.05, 0) is 12.1 Å². The Balaban J connectivity index is 2.34. The van der Waals surface area contributed by atoms with Crippen LogP contribution in [0, 0.1) is 11.9 Å². The van der Waals surface area contributed by atoms with Crippen LogP contribution in [0.5, 0.6) is 5.75 Å². The van der Waals surface area contributed by atoms with Gasteiger partial charge in [-0.25, -0.2) is 0 Å². The Morgan fingerprint density at radius 3 is 3.09 bits per heavy atom. The van der Waals surface area contributed by atoms with Crippen LogP contribution in [0.15, 0.2) is 24.3 Å². The molecule has 3 heteroatoms. The van der Waals surface area contributed by atoms with Crippen LogP contribution in [-0.2, 0) is 6.54 Å². The van der Waals surface area contributed by atoms with Crippen molar-refractivity contribution in [2.24, 2.45) is 0 Å². The summed E-state index contributed by atoms with van der Waals surface area (Å²) in [6, 6.07) is 7.56. The molecule has 0 aromatic heterocycles. The smallest absolute Gasteiger partial charge is 0.323 e. The molecule has 0 aliphatic carbocycles. The molecule has 11 heavy (non-hydrogen) atoms. The fourth-order valence-electron chi connectivity index (χ4n) is 1.12. The van der Waals surface area contributed by atoms with Gasteiger partial charge >= 0.3 is 6.73 Å². The number of rotatable bonds is 0. The summed E-state index contributed by atoms with van der Waals surface area (Å²) < 4.78 is 5.06. The number of hydroxylamine groups is 2. The molecule has 1 heterocycles. The van der Waals surface area contributed by atoms with E-state index in [1.807, 2.05) is 24.3 Å². The van der Waals surface area contributed by atoms with E-state index in [1.165, 1.54) is 6.73 Å². The van der Waals surface area contributed by atoms with Crippen LogP contribution < -0.4 is 9.80 Å². The molecule has 1 aromatic carbocycles. The minimum Gasteiger partial charge on any atom is -0.631 e. The topological polar surface area (TPSA) is 36.7 Å². The highest BCUT2D eigenvalue weighted by Crippen LogP contribution is 2.18. The fraction of sp³-hybridized carbons (Fsp3) is 0.125. The predicted octanol–water partition coefficient (Wildman–Crippen LogP) is 0.0810. The zero-order valence-corrected chi connectivity index (χ0v) is 5.91. The Hall–Kier alpha value is -1.06. The van der Waals surface area contributed by atoms with Crippen molar-refractivity contribution in [1.82, 2.24) is 0 Å². The van der Waals surface area contributed by atoms with E-state index < -0.39 is 0 Å². The van der Waals surface area contributed by atoms with Crippen LogP contribution in [0.3, 0.4) is 0 Å². The molecule has 0 amide bonds. The van der Waals surface area contributed by atoms with E-state index in [4.69, 9.17) is 4.74 Å². The van der Waals surface area contributed by atoms with E-state index in [9.17, 15) is 5.21 Å². The predicted molar refractivity (Wildman–Crippen MR) is 39.4 cm³/mol. The number of fused-ring (bicyclic) bond motifs is 1. The van der Waals surface area contributed by atoms with Gasteiger partial charge in [-0.3, -0.25) is 0 Å². The lowest BCUT2D eigenvalue weighted by Crippen LogP contribution is -3.04. The van der Waals surface area contributed by atoms with E-state index in [-0.39, 0.29) is 5.06 Å². The third kappa shape index (κ3) is 1.20. The molecule has 1 aliphatic rings. The maximum absolute atomic E-state index is 10.8. The van der Waals surface area contributed by atoms with Crippen LogP contribution >= 0.6 is 0 Å². The first-order valence-corrected chi connectivity index (χ1v) is 3.47. The molecule has 0 saturated carbocycles. The minimum absolute atomic E-state index is 0.0312. The summed E-state index contributed by atoms with van der Waals surface area (Å²) in [5, 5.41) is 10.9. The molecular weight excluding hydrogens is 142 g/mol. The highest BCUT2D eigenvalue weighted by molar-refractivity contribution is 5.33. The summed E-state index contributed by atoms with van der Waals surface area (Å²) in [4.78, 5) is 0. The molecule has 0 fully saturated rings. The van der Waals surface area contributed by atoms with Gasteiger partial charge in [0.2, 0.25) is 0 Å². The second-order valence-electron chi connectivity index (χ2n) is 2.49. The number of para-hydroxylation sites is 1. The molecule has 0 saturated heterocycles. The summed E-state index contributed by atoms with van der Waals surface area (Å²) in [6.45, 7) is 1.73. The van der Waals surface area contributed by atoms with Crippen molar-refractivity contribution in [2.45, 2.75) is 6.54 Å². The van der Waals surface area contributed by atoms with Gasteiger partial charge in [0.05, 0.1) is 0 Å². The highest BCUT2D eigenvalue weighted by atomic mass is 16.6. The second kappa shape index (κ2) is 2.53. The molecule has 1 aromatic rings. The number of hydrogen-bond acceptors (Lipinski definition) is 2. The number of nitrogens with one attached hydrogen (secondary N) is 1. The molecule has 2 rings (SSSR count). The first kappa shape index (κ1) is 6.64. The summed E-state index contributed by atoms with van der Waals surface area (Å²) in [5.41, 5.74) is 0.972. The van der Waals surface area contributed by atoms with Crippen molar-refractivity contribution in [2.75, 3.05) is 0 Å². The summed E-state index contributed by atoms with van der Waals surface area (Å²) >= 11 is 0. The lowest BCUT2D eigenvalue weighted by atomic mass is 10.2. The van der Waals surface area contributed by atoms with Gasteiger partial charge in [-0.2, -0.15) is 0 Å². The van der Waals surface area contributed by atoms with Crippen LogP contribution in [-0.4, -0.2) is 0 Å². The van der Waals surface area contributed by atoms with E-state index in [2.05, 4.69) is 0 Å². The van der Waals surface area contributed by atoms with Crippen molar-refractivity contribution in [1.29, 1.82) is 0 Å². The maximum atomic E-state index is 10.8. The monoisotopic (exact) mass is 150 g/mol. The Morgan fingerprint density at radius 2 is 2.18 bits per heavy atom. The molecule has 0 spiro atoms. The Labute approximate surface area is 64.8 Å². The Kier molecular flexibility index (Phi) is 1.52. The number of quaternary nitrogens is 1. The van der Waals surface area contributed by atoms with Gasteiger partial charge in [-0.15, -0.1) is 0 Å². The molecule has 0 bridgehead atoms. The SMILES string of the molecule is [O-][NH+]1[CH]Oc2ccccc2C1. The van der Waals surface area contributed by atoms with Gasteiger partial charge in [0.1, 0.15) is 12.3 Å². The Morgan fingerprint density at radius 1 is 1.36 bits per heavy atom. The van der Waals surface area contributed by atoms with E-state index in [0.717, 1.165) is 11.3 Å². The van der Waals surface area contributed by atoms with Gasteiger partial charge in [0.15, 0.2) is 0 Å². The number of benzene rings is 1. The fourth-order valence-corrected chi connectivity index (χ4v) is 1.12. The lowest BCUT2D eigenvalue weighted by Gasteiger charge is -2.26. The summed E-state index contributed by atoms with van der Waals surface area (Å²) in [5.74, 6) is 0.798. The minimum atomic E-state index is 0.0312. The zero-order valence-electron chi connectivity index (χ0n) is 5.91. The molecule has 1 N–H and O–H groups in total. The quantitative estimate of drug-likeness (QED) is 0.532. The van der Waals surface area contributed by atoms with Gasteiger partial charge in [0, 0.05) is 5.56 Å². The highest BCUT2D eigenvalue weighted by Gasteiger charge is 2.14. The molecule has 1 aliphatic heterocycles. The largest absolute Gasteiger partial charge is 0.631 e. The first-order chi connectivity index (χ1) is 5.36. The van der Waals surface area contributed by atoms with Crippen molar-refractivity contribution >= 4 is 0 Å². The van der Waals surface area contributed by atoms with Crippen molar-refractivity contribution in [3.05, 3.63) is 41.8 Å². The van der Waals surface area contributed by atoms with Crippen molar-refractivity contribution in [3.8, 4) is 5.75 Å². The average Bonchev–Trinajstić information content (AvgIpc) is 2.04. The number of ether oxygens (including phenoxy) is 1. The second-order valence-corrected chi connectivity index (χ2v) is 2.49. The van der Waals surface area contributed by atoms with Crippen LogP contribution in [0.25, 0.3) is 0 Å². The molecule has 1 radical (unpaired) electrons. The third-order valence-corrected chi connectivity index (χ3v) is 1.65. The van der Waals surface area contributed by atoms with Crippen molar-refractivity contribution < 1.29 is 9.80 Å². The van der Waals surface area contributed by atoms with Crippen molar-refractivity contribution in [3.63, 3.8) is 0 Å². The lowest BCUT2D eigenvalue weighted by molar-refractivity contribution is -0.848.